The van der Waals surface area contributed by atoms with E-state index in [1.165, 1.54) is 4.90 Å². The number of phenols is 1. The molecule has 0 radical (unpaired) electrons. The van der Waals surface area contributed by atoms with Crippen LogP contribution in [0.15, 0.2) is 24.3 Å². The zero-order valence-electron chi connectivity index (χ0n) is 12.0. The SMILES string of the molecule is C[C@H](NCc1ccccc1O)C(=O)N1CCC[C@H]1C(=O)O. The van der Waals surface area contributed by atoms with E-state index in [1.54, 1.807) is 25.1 Å². The fourth-order valence-electron chi connectivity index (χ4n) is 2.55. The van der Waals surface area contributed by atoms with E-state index >= 15 is 0 Å². The van der Waals surface area contributed by atoms with Crippen molar-refractivity contribution in [3.63, 3.8) is 0 Å². The molecule has 0 bridgehead atoms. The number of para-hydroxylation sites is 1. The molecule has 1 aromatic carbocycles. The Morgan fingerprint density at radius 2 is 2.14 bits per heavy atom. The highest BCUT2D eigenvalue weighted by Gasteiger charge is 2.35. The number of rotatable bonds is 5. The van der Waals surface area contributed by atoms with Crippen LogP contribution >= 0.6 is 0 Å². The Kier molecular flexibility index (Phi) is 4.80. The van der Waals surface area contributed by atoms with Crippen LogP contribution < -0.4 is 5.32 Å². The number of aromatic hydroxyl groups is 1. The van der Waals surface area contributed by atoms with Gasteiger partial charge in [0, 0.05) is 18.7 Å². The minimum Gasteiger partial charge on any atom is -0.508 e. The highest BCUT2D eigenvalue weighted by molar-refractivity contribution is 5.87. The maximum Gasteiger partial charge on any atom is 0.326 e. The standard InChI is InChI=1S/C15H20N2O4/c1-10(16-9-11-5-2-3-7-13(11)18)14(19)17-8-4-6-12(17)15(20)21/h2-3,5,7,10,12,16,18H,4,6,8-9H2,1H3,(H,20,21)/t10-,12-/m0/s1. The predicted molar refractivity (Wildman–Crippen MR) is 76.8 cm³/mol. The van der Waals surface area contributed by atoms with Gasteiger partial charge in [0.2, 0.25) is 5.91 Å². The highest BCUT2D eigenvalue weighted by atomic mass is 16.4. The number of carboxylic acids is 1. The maximum absolute atomic E-state index is 12.3. The maximum atomic E-state index is 12.3. The predicted octanol–water partition coefficient (Wildman–Crippen LogP) is 0.946. The summed E-state index contributed by atoms with van der Waals surface area (Å²) in [6.45, 7) is 2.54. The van der Waals surface area contributed by atoms with Crippen molar-refractivity contribution < 1.29 is 19.8 Å². The van der Waals surface area contributed by atoms with Crippen molar-refractivity contribution in [1.29, 1.82) is 0 Å². The molecular formula is C15H20N2O4. The molecule has 1 aliphatic heterocycles. The number of likely N-dealkylation sites (tertiary alicyclic amines) is 1. The van der Waals surface area contributed by atoms with Crippen LogP contribution in [0.1, 0.15) is 25.3 Å². The number of carbonyl (C=O) groups is 2. The Morgan fingerprint density at radius 1 is 1.43 bits per heavy atom. The van der Waals surface area contributed by atoms with Crippen LogP contribution in [-0.4, -0.2) is 45.6 Å². The summed E-state index contributed by atoms with van der Waals surface area (Å²) in [5.41, 5.74) is 0.702. The third-order valence-corrected chi connectivity index (χ3v) is 3.78. The summed E-state index contributed by atoms with van der Waals surface area (Å²) >= 11 is 0. The molecule has 0 saturated carbocycles. The topological polar surface area (TPSA) is 89.9 Å². The third kappa shape index (κ3) is 3.52. The van der Waals surface area contributed by atoms with Crippen molar-refractivity contribution in [2.24, 2.45) is 0 Å². The van der Waals surface area contributed by atoms with Crippen LogP contribution in [0.4, 0.5) is 0 Å². The Hall–Kier alpha value is -2.08. The molecule has 114 valence electrons. The molecule has 2 rings (SSSR count). The lowest BCUT2D eigenvalue weighted by molar-refractivity contribution is -0.148. The van der Waals surface area contributed by atoms with Crippen LogP contribution in [0.2, 0.25) is 0 Å². The molecular weight excluding hydrogens is 272 g/mol. The molecule has 2 atom stereocenters. The first-order valence-corrected chi connectivity index (χ1v) is 7.04. The third-order valence-electron chi connectivity index (χ3n) is 3.78. The number of hydrogen-bond acceptors (Lipinski definition) is 4. The van der Waals surface area contributed by atoms with Crippen molar-refractivity contribution in [1.82, 2.24) is 10.2 Å². The van der Waals surface area contributed by atoms with Crippen LogP contribution in [-0.2, 0) is 16.1 Å². The second kappa shape index (κ2) is 6.58. The van der Waals surface area contributed by atoms with Gasteiger partial charge in [0.15, 0.2) is 0 Å². The quantitative estimate of drug-likeness (QED) is 0.751. The van der Waals surface area contributed by atoms with Crippen LogP contribution in [0.5, 0.6) is 5.75 Å². The summed E-state index contributed by atoms with van der Waals surface area (Å²) in [4.78, 5) is 24.8. The lowest BCUT2D eigenvalue weighted by Gasteiger charge is -2.25. The normalized spacial score (nSPS) is 19.5. The van der Waals surface area contributed by atoms with Gasteiger partial charge in [-0.05, 0) is 25.8 Å². The Bertz CT molecular complexity index is 532. The molecule has 1 fully saturated rings. The van der Waals surface area contributed by atoms with E-state index in [0.29, 0.717) is 25.1 Å². The van der Waals surface area contributed by atoms with Gasteiger partial charge in [0.1, 0.15) is 11.8 Å². The molecule has 1 saturated heterocycles. The van der Waals surface area contributed by atoms with Crippen molar-refractivity contribution in [3.05, 3.63) is 29.8 Å². The summed E-state index contributed by atoms with van der Waals surface area (Å²) in [5.74, 6) is -0.988. The fraction of sp³-hybridized carbons (Fsp3) is 0.467. The zero-order valence-corrected chi connectivity index (χ0v) is 12.0. The molecule has 6 nitrogen and oxygen atoms in total. The van der Waals surface area contributed by atoms with E-state index in [9.17, 15) is 14.7 Å². The van der Waals surface area contributed by atoms with Gasteiger partial charge in [-0.3, -0.25) is 4.79 Å². The second-order valence-electron chi connectivity index (χ2n) is 5.26. The van der Waals surface area contributed by atoms with E-state index in [2.05, 4.69) is 5.32 Å². The molecule has 0 aromatic heterocycles. The average molecular weight is 292 g/mol. The van der Waals surface area contributed by atoms with Gasteiger partial charge in [-0.2, -0.15) is 0 Å². The summed E-state index contributed by atoms with van der Waals surface area (Å²) in [6.07, 6.45) is 1.22. The minimum absolute atomic E-state index is 0.175. The number of phenolic OH excluding ortho intramolecular Hbond substituents is 1. The lowest BCUT2D eigenvalue weighted by atomic mass is 10.1. The Labute approximate surface area is 123 Å². The molecule has 1 amide bonds. The molecule has 0 aliphatic carbocycles. The average Bonchev–Trinajstić information content (AvgIpc) is 2.95. The van der Waals surface area contributed by atoms with E-state index in [4.69, 9.17) is 5.11 Å². The number of hydrogen-bond donors (Lipinski definition) is 3. The second-order valence-corrected chi connectivity index (χ2v) is 5.26. The number of carboxylic acid groups (broad SMARTS) is 1. The number of carbonyl (C=O) groups excluding carboxylic acids is 1. The molecule has 0 unspecified atom stereocenters. The molecule has 1 aromatic rings. The van der Waals surface area contributed by atoms with Crippen molar-refractivity contribution >= 4 is 11.9 Å². The van der Waals surface area contributed by atoms with E-state index in [0.717, 1.165) is 6.42 Å². The first-order chi connectivity index (χ1) is 10.0. The lowest BCUT2D eigenvalue weighted by Crippen LogP contribution is -2.48. The summed E-state index contributed by atoms with van der Waals surface area (Å²) in [7, 11) is 0. The van der Waals surface area contributed by atoms with Crippen molar-refractivity contribution in [2.45, 2.75) is 38.4 Å². The number of nitrogens with one attached hydrogen (secondary N) is 1. The van der Waals surface area contributed by atoms with Gasteiger partial charge in [-0.25, -0.2) is 4.79 Å². The van der Waals surface area contributed by atoms with Crippen molar-refractivity contribution in [2.75, 3.05) is 6.54 Å². The number of aliphatic carboxylic acids is 1. The molecule has 3 N–H and O–H groups in total. The van der Waals surface area contributed by atoms with E-state index < -0.39 is 18.1 Å². The smallest absolute Gasteiger partial charge is 0.326 e. The van der Waals surface area contributed by atoms with Gasteiger partial charge < -0.3 is 20.4 Å². The van der Waals surface area contributed by atoms with Gasteiger partial charge in [-0.1, -0.05) is 18.2 Å². The first kappa shape index (κ1) is 15.3. The molecule has 1 aliphatic rings. The number of benzene rings is 1. The summed E-state index contributed by atoms with van der Waals surface area (Å²) in [6, 6.07) is 5.69. The molecule has 6 heteroatoms. The summed E-state index contributed by atoms with van der Waals surface area (Å²) in [5, 5.41) is 21.8. The fourth-order valence-corrected chi connectivity index (χ4v) is 2.55. The first-order valence-electron chi connectivity index (χ1n) is 7.04. The zero-order chi connectivity index (χ0) is 15.4. The molecule has 0 spiro atoms. The van der Waals surface area contributed by atoms with E-state index in [1.807, 2.05) is 6.07 Å². The van der Waals surface area contributed by atoms with E-state index in [-0.39, 0.29) is 11.7 Å². The monoisotopic (exact) mass is 292 g/mol. The van der Waals surface area contributed by atoms with Crippen LogP contribution in [0, 0.1) is 0 Å². The molecule has 1 heterocycles. The number of amides is 1. The highest BCUT2D eigenvalue weighted by Crippen LogP contribution is 2.19. The van der Waals surface area contributed by atoms with Gasteiger partial charge in [-0.15, -0.1) is 0 Å². The van der Waals surface area contributed by atoms with Gasteiger partial charge in [0.25, 0.3) is 0 Å². The minimum atomic E-state index is -0.950. The van der Waals surface area contributed by atoms with Crippen LogP contribution in [0.3, 0.4) is 0 Å². The van der Waals surface area contributed by atoms with Gasteiger partial charge in [0.05, 0.1) is 6.04 Å². The summed E-state index contributed by atoms with van der Waals surface area (Å²) < 4.78 is 0. The number of nitrogens with zero attached hydrogens (tertiary/aromatic N) is 1. The van der Waals surface area contributed by atoms with Gasteiger partial charge >= 0.3 is 5.97 Å². The Balaban J connectivity index is 1.94. The Morgan fingerprint density at radius 3 is 2.81 bits per heavy atom. The van der Waals surface area contributed by atoms with Crippen LogP contribution in [0.25, 0.3) is 0 Å². The van der Waals surface area contributed by atoms with Crippen molar-refractivity contribution in [3.8, 4) is 5.75 Å². The largest absolute Gasteiger partial charge is 0.508 e. The molecule has 21 heavy (non-hydrogen) atoms.